The molecule has 2 aliphatic rings. The van der Waals surface area contributed by atoms with Gasteiger partial charge in [-0.1, -0.05) is 25.0 Å². The first-order valence-electron chi connectivity index (χ1n) is 8.83. The summed E-state index contributed by atoms with van der Waals surface area (Å²) in [5.74, 6) is 1.73. The van der Waals surface area contributed by atoms with E-state index in [0.717, 1.165) is 24.4 Å². The first kappa shape index (κ1) is 17.5. The molecule has 1 aliphatic carbocycles. The van der Waals surface area contributed by atoms with E-state index in [4.69, 9.17) is 10.7 Å². The second-order valence-electron chi connectivity index (χ2n) is 6.69. The monoisotopic (exact) mass is 439 g/mol. The molecular formula is C18H26IN5. The highest BCUT2D eigenvalue weighted by Gasteiger charge is 2.27. The summed E-state index contributed by atoms with van der Waals surface area (Å²) < 4.78 is 2.37. The Balaban J connectivity index is 0.00000169. The van der Waals surface area contributed by atoms with Crippen LogP contribution in [0, 0.1) is 0 Å². The minimum absolute atomic E-state index is 0. The predicted molar refractivity (Wildman–Crippen MR) is 109 cm³/mol. The Kier molecular flexibility index (Phi) is 5.63. The van der Waals surface area contributed by atoms with E-state index < -0.39 is 0 Å². The van der Waals surface area contributed by atoms with E-state index >= 15 is 0 Å². The Hall–Kier alpha value is -1.31. The normalized spacial score (nSPS) is 19.2. The molecule has 0 atom stereocenters. The lowest BCUT2D eigenvalue weighted by Gasteiger charge is -2.21. The number of aliphatic imine (C=N–C) groups is 1. The first-order valence-corrected chi connectivity index (χ1v) is 8.83. The summed E-state index contributed by atoms with van der Waals surface area (Å²) in [6.07, 6.45) is 7.55. The lowest BCUT2D eigenvalue weighted by molar-refractivity contribution is 0.428. The molecule has 1 saturated carbocycles. The fourth-order valence-electron chi connectivity index (χ4n) is 3.50. The topological polar surface area (TPSA) is 59.4 Å². The Bertz CT molecular complexity index is 711. The Morgan fingerprint density at radius 1 is 1.12 bits per heavy atom. The summed E-state index contributed by atoms with van der Waals surface area (Å²) in [6, 6.07) is 8.98. The number of hydrogen-bond acceptors (Lipinski definition) is 2. The van der Waals surface area contributed by atoms with E-state index in [1.807, 2.05) is 6.07 Å². The highest BCUT2D eigenvalue weighted by atomic mass is 127. The van der Waals surface area contributed by atoms with Crippen molar-refractivity contribution in [2.75, 3.05) is 13.1 Å². The lowest BCUT2D eigenvalue weighted by atomic mass is 10.2. The fourth-order valence-corrected chi connectivity index (χ4v) is 3.50. The molecule has 2 aromatic rings. The molecule has 6 heteroatoms. The zero-order valence-electron chi connectivity index (χ0n) is 14.0. The molecule has 1 aromatic carbocycles. The average molecular weight is 439 g/mol. The van der Waals surface area contributed by atoms with Gasteiger partial charge in [-0.05, 0) is 37.8 Å². The Morgan fingerprint density at radius 2 is 1.83 bits per heavy atom. The number of hydrogen-bond donors (Lipinski definition) is 1. The van der Waals surface area contributed by atoms with Gasteiger partial charge < -0.3 is 15.2 Å². The highest BCUT2D eigenvalue weighted by molar-refractivity contribution is 14.0. The van der Waals surface area contributed by atoms with Crippen molar-refractivity contribution < 1.29 is 0 Å². The van der Waals surface area contributed by atoms with Gasteiger partial charge in [-0.25, -0.2) is 9.98 Å². The maximum Gasteiger partial charge on any atom is 0.191 e. The van der Waals surface area contributed by atoms with Crippen LogP contribution in [0.3, 0.4) is 0 Å². The summed E-state index contributed by atoms with van der Waals surface area (Å²) in [5.41, 5.74) is 8.54. The van der Waals surface area contributed by atoms with Crippen molar-refractivity contribution in [3.63, 3.8) is 0 Å². The molecule has 1 saturated heterocycles. The molecule has 0 unspecified atom stereocenters. The molecular weight excluding hydrogens is 413 g/mol. The maximum atomic E-state index is 6.24. The lowest BCUT2D eigenvalue weighted by Crippen LogP contribution is -2.38. The van der Waals surface area contributed by atoms with Gasteiger partial charge in [0, 0.05) is 19.1 Å². The van der Waals surface area contributed by atoms with E-state index in [0.29, 0.717) is 18.5 Å². The maximum absolute atomic E-state index is 6.24. The molecule has 24 heavy (non-hydrogen) atoms. The van der Waals surface area contributed by atoms with Crippen molar-refractivity contribution in [2.24, 2.45) is 10.7 Å². The number of halogens is 1. The van der Waals surface area contributed by atoms with Crippen LogP contribution in [-0.2, 0) is 6.54 Å². The number of imidazole rings is 1. The van der Waals surface area contributed by atoms with Crippen LogP contribution in [0.5, 0.6) is 0 Å². The van der Waals surface area contributed by atoms with Gasteiger partial charge in [-0.3, -0.25) is 0 Å². The SMILES string of the molecule is I.NC(=NCc1nc2ccccc2n1C1CC1)N1CCCCCC1. The van der Waals surface area contributed by atoms with Crippen LogP contribution >= 0.6 is 24.0 Å². The van der Waals surface area contributed by atoms with Gasteiger partial charge in [0.15, 0.2) is 5.96 Å². The number of guanidine groups is 1. The summed E-state index contributed by atoms with van der Waals surface area (Å²) in [5, 5.41) is 0. The second-order valence-corrected chi connectivity index (χ2v) is 6.69. The van der Waals surface area contributed by atoms with Crippen LogP contribution in [0.4, 0.5) is 0 Å². The third kappa shape index (κ3) is 3.68. The highest BCUT2D eigenvalue weighted by Crippen LogP contribution is 2.38. The second kappa shape index (κ2) is 7.72. The first-order chi connectivity index (χ1) is 11.3. The Labute approximate surface area is 160 Å². The molecule has 4 rings (SSSR count). The molecule has 5 nitrogen and oxygen atoms in total. The third-order valence-electron chi connectivity index (χ3n) is 4.89. The van der Waals surface area contributed by atoms with Gasteiger partial charge in [0.2, 0.25) is 0 Å². The number of rotatable bonds is 3. The van der Waals surface area contributed by atoms with Crippen molar-refractivity contribution in [2.45, 2.75) is 51.1 Å². The van der Waals surface area contributed by atoms with E-state index in [2.05, 4.69) is 32.7 Å². The number of benzene rings is 1. The largest absolute Gasteiger partial charge is 0.370 e. The van der Waals surface area contributed by atoms with Crippen molar-refractivity contribution in [1.29, 1.82) is 0 Å². The van der Waals surface area contributed by atoms with Crippen LogP contribution in [0.2, 0.25) is 0 Å². The zero-order chi connectivity index (χ0) is 15.6. The molecule has 2 N–H and O–H groups in total. The molecule has 1 aliphatic heterocycles. The van der Waals surface area contributed by atoms with Crippen molar-refractivity contribution >= 4 is 41.0 Å². The van der Waals surface area contributed by atoms with E-state index in [1.165, 1.54) is 44.0 Å². The molecule has 0 amide bonds. The third-order valence-corrected chi connectivity index (χ3v) is 4.89. The van der Waals surface area contributed by atoms with Gasteiger partial charge in [0.25, 0.3) is 0 Å². The summed E-state index contributed by atoms with van der Waals surface area (Å²) in [7, 11) is 0. The quantitative estimate of drug-likeness (QED) is 0.451. The number of likely N-dealkylation sites (tertiary alicyclic amines) is 1. The predicted octanol–water partition coefficient (Wildman–Crippen LogP) is 3.68. The molecule has 0 spiro atoms. The van der Waals surface area contributed by atoms with Gasteiger partial charge in [-0.2, -0.15) is 0 Å². The van der Waals surface area contributed by atoms with Crippen LogP contribution < -0.4 is 5.73 Å². The standard InChI is InChI=1S/C18H25N5.HI/c19-18(22-11-5-1-2-6-12-22)20-13-17-21-15-7-3-4-8-16(15)23(17)14-9-10-14;/h3-4,7-8,14H,1-2,5-6,9-13H2,(H2,19,20);1H. The number of fused-ring (bicyclic) bond motifs is 1. The zero-order valence-corrected chi connectivity index (χ0v) is 16.4. The Morgan fingerprint density at radius 3 is 2.54 bits per heavy atom. The number of nitrogens with zero attached hydrogens (tertiary/aromatic N) is 4. The van der Waals surface area contributed by atoms with E-state index in [1.54, 1.807) is 0 Å². The number of para-hydroxylation sites is 2. The molecule has 2 heterocycles. The fraction of sp³-hybridized carbons (Fsp3) is 0.556. The number of aromatic nitrogens is 2. The minimum atomic E-state index is 0. The van der Waals surface area contributed by atoms with Gasteiger partial charge >= 0.3 is 0 Å². The van der Waals surface area contributed by atoms with E-state index in [-0.39, 0.29) is 24.0 Å². The average Bonchev–Trinajstić information content (AvgIpc) is 3.37. The van der Waals surface area contributed by atoms with Crippen molar-refractivity contribution in [1.82, 2.24) is 14.5 Å². The molecule has 0 radical (unpaired) electrons. The minimum Gasteiger partial charge on any atom is -0.370 e. The number of nitrogens with two attached hydrogens (primary N) is 1. The van der Waals surface area contributed by atoms with Gasteiger partial charge in [-0.15, -0.1) is 24.0 Å². The molecule has 130 valence electrons. The summed E-state index contributed by atoms with van der Waals surface area (Å²) >= 11 is 0. The van der Waals surface area contributed by atoms with Gasteiger partial charge in [0.1, 0.15) is 12.4 Å². The van der Waals surface area contributed by atoms with Crippen LogP contribution in [0.25, 0.3) is 11.0 Å². The molecule has 0 bridgehead atoms. The van der Waals surface area contributed by atoms with Crippen molar-refractivity contribution in [3.8, 4) is 0 Å². The van der Waals surface area contributed by atoms with Crippen LogP contribution in [-0.4, -0.2) is 33.5 Å². The smallest absolute Gasteiger partial charge is 0.191 e. The van der Waals surface area contributed by atoms with Crippen LogP contribution in [0.15, 0.2) is 29.3 Å². The van der Waals surface area contributed by atoms with E-state index in [9.17, 15) is 0 Å². The van der Waals surface area contributed by atoms with Crippen LogP contribution in [0.1, 0.15) is 50.4 Å². The molecule has 2 fully saturated rings. The summed E-state index contributed by atoms with van der Waals surface area (Å²) in [6.45, 7) is 2.65. The molecule has 1 aromatic heterocycles. The van der Waals surface area contributed by atoms with Crippen molar-refractivity contribution in [3.05, 3.63) is 30.1 Å². The van der Waals surface area contributed by atoms with Gasteiger partial charge in [0.05, 0.1) is 11.0 Å². The summed E-state index contributed by atoms with van der Waals surface area (Å²) in [4.78, 5) is 11.7.